The van der Waals surface area contributed by atoms with Crippen LogP contribution in [0.2, 0.25) is 0 Å². The maximum Gasteiger partial charge on any atom is 0.161 e. The van der Waals surface area contributed by atoms with Crippen LogP contribution in [0, 0.1) is 5.92 Å². The van der Waals surface area contributed by atoms with Crippen LogP contribution in [-0.4, -0.2) is 7.11 Å². The quantitative estimate of drug-likeness (QED) is 0.811. The van der Waals surface area contributed by atoms with Crippen molar-refractivity contribution in [2.24, 2.45) is 11.7 Å². The Labute approximate surface area is 144 Å². The fourth-order valence-corrected chi connectivity index (χ4v) is 2.62. The zero-order chi connectivity index (χ0) is 15.4. The van der Waals surface area contributed by atoms with Gasteiger partial charge in [0.2, 0.25) is 0 Å². The number of halogens is 1. The minimum atomic E-state index is 0. The third-order valence-electron chi connectivity index (χ3n) is 4.14. The molecule has 0 unspecified atom stereocenters. The summed E-state index contributed by atoms with van der Waals surface area (Å²) in [5.74, 6) is 2.32. The minimum absolute atomic E-state index is 0. The summed E-state index contributed by atoms with van der Waals surface area (Å²) < 4.78 is 11.3. The summed E-state index contributed by atoms with van der Waals surface area (Å²) in [6, 6.07) is 16.2. The maximum absolute atomic E-state index is 6.28. The number of hydrogen-bond donors (Lipinski definition) is 1. The molecule has 0 aromatic heterocycles. The van der Waals surface area contributed by atoms with Crippen molar-refractivity contribution in [2.75, 3.05) is 7.11 Å². The van der Waals surface area contributed by atoms with E-state index in [0.29, 0.717) is 6.61 Å². The van der Waals surface area contributed by atoms with E-state index < -0.39 is 0 Å². The molecular weight excluding hydrogens is 310 g/mol. The van der Waals surface area contributed by atoms with Gasteiger partial charge in [-0.3, -0.25) is 0 Å². The molecule has 2 aromatic rings. The van der Waals surface area contributed by atoms with E-state index in [1.54, 1.807) is 7.11 Å². The Morgan fingerprint density at radius 3 is 2.48 bits per heavy atom. The molecule has 0 radical (unpaired) electrons. The highest BCUT2D eigenvalue weighted by Crippen LogP contribution is 2.38. The highest BCUT2D eigenvalue weighted by atomic mass is 35.5. The second kappa shape index (κ2) is 8.23. The van der Waals surface area contributed by atoms with Gasteiger partial charge in [0.25, 0.3) is 0 Å². The van der Waals surface area contributed by atoms with Crippen LogP contribution in [0.5, 0.6) is 11.5 Å². The highest BCUT2D eigenvalue weighted by Gasteiger charge is 2.24. The van der Waals surface area contributed by atoms with Gasteiger partial charge in [-0.15, -0.1) is 12.4 Å². The van der Waals surface area contributed by atoms with Gasteiger partial charge in [0.05, 0.1) is 7.11 Å². The molecule has 0 spiro atoms. The van der Waals surface area contributed by atoms with E-state index in [-0.39, 0.29) is 18.4 Å². The molecule has 1 saturated carbocycles. The van der Waals surface area contributed by atoms with Gasteiger partial charge in [-0.25, -0.2) is 0 Å². The topological polar surface area (TPSA) is 44.5 Å². The SMILES string of the molecule is COc1cc([C@@H](N)CC2CC2)ccc1OCc1ccccc1.Cl. The summed E-state index contributed by atoms with van der Waals surface area (Å²) in [6.07, 6.45) is 3.71. The fraction of sp³-hybridized carbons (Fsp3) is 0.368. The van der Waals surface area contributed by atoms with Crippen molar-refractivity contribution in [1.82, 2.24) is 0 Å². The third kappa shape index (κ3) is 4.88. The first-order valence-electron chi connectivity index (χ1n) is 7.86. The van der Waals surface area contributed by atoms with Crippen molar-refractivity contribution in [3.63, 3.8) is 0 Å². The van der Waals surface area contributed by atoms with E-state index in [9.17, 15) is 0 Å². The lowest BCUT2D eigenvalue weighted by Gasteiger charge is -2.16. The Bertz CT molecular complexity index is 614. The van der Waals surface area contributed by atoms with Crippen LogP contribution in [0.3, 0.4) is 0 Å². The van der Waals surface area contributed by atoms with Gasteiger partial charge in [-0.1, -0.05) is 49.2 Å². The second-order valence-corrected chi connectivity index (χ2v) is 5.97. The van der Waals surface area contributed by atoms with Crippen LogP contribution >= 0.6 is 12.4 Å². The highest BCUT2D eigenvalue weighted by molar-refractivity contribution is 5.85. The van der Waals surface area contributed by atoms with Gasteiger partial charge >= 0.3 is 0 Å². The van der Waals surface area contributed by atoms with E-state index in [1.807, 2.05) is 42.5 Å². The molecular formula is C19H24ClNO2. The van der Waals surface area contributed by atoms with Crippen molar-refractivity contribution in [1.29, 1.82) is 0 Å². The molecule has 0 bridgehead atoms. The normalized spacial score (nSPS) is 14.7. The van der Waals surface area contributed by atoms with Gasteiger partial charge in [0.1, 0.15) is 6.61 Å². The number of benzene rings is 2. The summed E-state index contributed by atoms with van der Waals surface area (Å²) in [5.41, 5.74) is 8.54. The number of nitrogens with two attached hydrogens (primary N) is 1. The third-order valence-corrected chi connectivity index (χ3v) is 4.14. The van der Waals surface area contributed by atoms with E-state index in [2.05, 4.69) is 6.07 Å². The molecule has 0 amide bonds. The average molecular weight is 334 g/mol. The molecule has 4 heteroatoms. The molecule has 1 fully saturated rings. The monoisotopic (exact) mass is 333 g/mol. The predicted molar refractivity (Wildman–Crippen MR) is 95.3 cm³/mol. The largest absolute Gasteiger partial charge is 0.493 e. The Kier molecular flexibility index (Phi) is 6.31. The van der Waals surface area contributed by atoms with Gasteiger partial charge in [-0.05, 0) is 35.6 Å². The molecule has 1 atom stereocenters. The molecule has 3 nitrogen and oxygen atoms in total. The van der Waals surface area contributed by atoms with Gasteiger partial charge < -0.3 is 15.2 Å². The van der Waals surface area contributed by atoms with E-state index in [0.717, 1.165) is 35.0 Å². The van der Waals surface area contributed by atoms with Crippen molar-refractivity contribution >= 4 is 12.4 Å². The zero-order valence-electron chi connectivity index (χ0n) is 13.4. The van der Waals surface area contributed by atoms with Crippen LogP contribution in [0.25, 0.3) is 0 Å². The number of ether oxygens (including phenoxy) is 2. The molecule has 0 saturated heterocycles. The number of hydrogen-bond acceptors (Lipinski definition) is 3. The van der Waals surface area contributed by atoms with Gasteiger partial charge in [0, 0.05) is 6.04 Å². The van der Waals surface area contributed by atoms with E-state index in [1.165, 1.54) is 12.8 Å². The molecule has 23 heavy (non-hydrogen) atoms. The van der Waals surface area contributed by atoms with Crippen LogP contribution in [-0.2, 0) is 6.61 Å². The Morgan fingerprint density at radius 2 is 1.83 bits per heavy atom. The van der Waals surface area contributed by atoms with Crippen molar-refractivity contribution in [2.45, 2.75) is 31.9 Å². The summed E-state index contributed by atoms with van der Waals surface area (Å²) in [4.78, 5) is 0. The van der Waals surface area contributed by atoms with Gasteiger partial charge in [0.15, 0.2) is 11.5 Å². The second-order valence-electron chi connectivity index (χ2n) is 5.97. The van der Waals surface area contributed by atoms with Crippen molar-refractivity contribution in [3.8, 4) is 11.5 Å². The summed E-state index contributed by atoms with van der Waals surface area (Å²) >= 11 is 0. The fourth-order valence-electron chi connectivity index (χ4n) is 2.62. The standard InChI is InChI=1S/C19H23NO2.ClH/c1-21-19-12-16(17(20)11-14-7-8-14)9-10-18(19)22-13-15-5-3-2-4-6-15;/h2-6,9-10,12,14,17H,7-8,11,13,20H2,1H3;1H/t17-;/m0./s1. The molecule has 1 aliphatic rings. The minimum Gasteiger partial charge on any atom is -0.493 e. The zero-order valence-corrected chi connectivity index (χ0v) is 14.2. The molecule has 124 valence electrons. The van der Waals surface area contributed by atoms with Crippen LogP contribution in [0.15, 0.2) is 48.5 Å². The molecule has 0 heterocycles. The van der Waals surface area contributed by atoms with E-state index in [4.69, 9.17) is 15.2 Å². The van der Waals surface area contributed by atoms with Crippen LogP contribution in [0.1, 0.15) is 36.4 Å². The van der Waals surface area contributed by atoms with Crippen molar-refractivity contribution in [3.05, 3.63) is 59.7 Å². The van der Waals surface area contributed by atoms with Crippen LogP contribution < -0.4 is 15.2 Å². The van der Waals surface area contributed by atoms with Gasteiger partial charge in [-0.2, -0.15) is 0 Å². The average Bonchev–Trinajstić information content (AvgIpc) is 3.37. The first kappa shape index (κ1) is 17.6. The first-order valence-corrected chi connectivity index (χ1v) is 7.86. The lowest BCUT2D eigenvalue weighted by atomic mass is 10.0. The Balaban J connectivity index is 0.00000192. The molecule has 3 rings (SSSR count). The van der Waals surface area contributed by atoms with E-state index >= 15 is 0 Å². The number of rotatable bonds is 7. The summed E-state index contributed by atoms with van der Waals surface area (Å²) in [6.45, 7) is 0.532. The Hall–Kier alpha value is -1.71. The Morgan fingerprint density at radius 1 is 1.09 bits per heavy atom. The lowest BCUT2D eigenvalue weighted by Crippen LogP contribution is -2.11. The van der Waals surface area contributed by atoms with Crippen molar-refractivity contribution < 1.29 is 9.47 Å². The predicted octanol–water partition coefficient (Wildman–Crippen LogP) is 4.50. The summed E-state index contributed by atoms with van der Waals surface area (Å²) in [7, 11) is 1.67. The number of methoxy groups -OCH3 is 1. The smallest absolute Gasteiger partial charge is 0.161 e. The summed E-state index contributed by atoms with van der Waals surface area (Å²) in [5, 5.41) is 0. The first-order chi connectivity index (χ1) is 10.8. The molecule has 1 aliphatic carbocycles. The lowest BCUT2D eigenvalue weighted by molar-refractivity contribution is 0.284. The molecule has 2 aromatic carbocycles. The molecule has 0 aliphatic heterocycles. The van der Waals surface area contributed by atoms with Crippen LogP contribution in [0.4, 0.5) is 0 Å². The maximum atomic E-state index is 6.28. The molecule has 2 N–H and O–H groups in total.